The number of methoxy groups -OCH3 is 1. The molecule has 6 heteroatoms. The maximum absolute atomic E-state index is 12.5. The van der Waals surface area contributed by atoms with E-state index in [4.69, 9.17) is 16.3 Å². The highest BCUT2D eigenvalue weighted by molar-refractivity contribution is 6.31. The van der Waals surface area contributed by atoms with Crippen molar-refractivity contribution in [2.75, 3.05) is 20.7 Å². The summed E-state index contributed by atoms with van der Waals surface area (Å²) < 4.78 is 5.41. The van der Waals surface area contributed by atoms with E-state index < -0.39 is 0 Å². The lowest BCUT2D eigenvalue weighted by atomic mass is 10.0. The van der Waals surface area contributed by atoms with E-state index in [1.54, 1.807) is 14.2 Å². The fourth-order valence-electron chi connectivity index (χ4n) is 4.03. The van der Waals surface area contributed by atoms with Gasteiger partial charge in [0.1, 0.15) is 5.75 Å². The average Bonchev–Trinajstić information content (AvgIpc) is 3.12. The molecule has 3 rings (SSSR count). The van der Waals surface area contributed by atoms with Crippen LogP contribution < -0.4 is 15.4 Å². The van der Waals surface area contributed by atoms with Crippen molar-refractivity contribution >= 4 is 17.5 Å². The first kappa shape index (κ1) is 21.6. The third kappa shape index (κ3) is 5.10. The second-order valence-electron chi connectivity index (χ2n) is 7.71. The van der Waals surface area contributed by atoms with Crippen LogP contribution in [0.3, 0.4) is 0 Å². The Labute approximate surface area is 178 Å². The van der Waals surface area contributed by atoms with Gasteiger partial charge in [-0.3, -0.25) is 9.69 Å². The van der Waals surface area contributed by atoms with Crippen molar-refractivity contribution in [2.24, 2.45) is 0 Å². The van der Waals surface area contributed by atoms with Gasteiger partial charge in [-0.25, -0.2) is 0 Å². The van der Waals surface area contributed by atoms with Crippen LogP contribution in [-0.4, -0.2) is 43.6 Å². The lowest BCUT2D eigenvalue weighted by Crippen LogP contribution is -2.41. The lowest BCUT2D eigenvalue weighted by Gasteiger charge is -2.23. The number of benzene rings is 2. The number of hydrogen-bond acceptors (Lipinski definition) is 4. The Morgan fingerprint density at radius 1 is 1.21 bits per heavy atom. The molecule has 1 fully saturated rings. The van der Waals surface area contributed by atoms with Crippen LogP contribution in [-0.2, 0) is 17.9 Å². The van der Waals surface area contributed by atoms with Gasteiger partial charge in [0.2, 0.25) is 5.91 Å². The Morgan fingerprint density at radius 3 is 2.66 bits per heavy atom. The zero-order valence-electron chi connectivity index (χ0n) is 17.6. The smallest absolute Gasteiger partial charge is 0.237 e. The summed E-state index contributed by atoms with van der Waals surface area (Å²) in [5.74, 6) is 0.968. The molecule has 2 N–H and O–H groups in total. The van der Waals surface area contributed by atoms with Crippen molar-refractivity contribution in [3.63, 3.8) is 0 Å². The normalized spacial score (nSPS) is 19.3. The minimum Gasteiger partial charge on any atom is -0.496 e. The van der Waals surface area contributed by atoms with Gasteiger partial charge in [-0.1, -0.05) is 35.9 Å². The Balaban J connectivity index is 1.69. The summed E-state index contributed by atoms with van der Waals surface area (Å²) >= 11 is 6.35. The number of amides is 1. The quantitative estimate of drug-likeness (QED) is 0.727. The number of carbonyl (C=O) groups excluding carboxylic acids is 1. The topological polar surface area (TPSA) is 53.6 Å². The number of halogens is 1. The number of likely N-dealkylation sites (tertiary alicyclic amines) is 1. The predicted octanol–water partition coefficient (Wildman–Crippen LogP) is 3.44. The van der Waals surface area contributed by atoms with Gasteiger partial charge in [0, 0.05) is 37.7 Å². The molecule has 0 aliphatic carbocycles. The van der Waals surface area contributed by atoms with Crippen molar-refractivity contribution in [2.45, 2.75) is 45.4 Å². The standard InChI is InChI=1S/C23H30ClN3O2/c1-15-10-22(29-4)16(2)9-18(15)12-26-19-11-21(23(28)25-3)27(14-19)13-17-7-5-6-8-20(17)24/h5-10,19,21,26H,11-14H2,1-4H3,(H,25,28)/t19-,21-/m0/s1. The molecule has 1 heterocycles. The summed E-state index contributed by atoms with van der Waals surface area (Å²) in [4.78, 5) is 14.7. The van der Waals surface area contributed by atoms with Crippen LogP contribution in [0.4, 0.5) is 0 Å². The van der Waals surface area contributed by atoms with Crippen molar-refractivity contribution in [1.82, 2.24) is 15.5 Å². The molecule has 1 amide bonds. The highest BCUT2D eigenvalue weighted by Gasteiger charge is 2.36. The van der Waals surface area contributed by atoms with Gasteiger partial charge in [0.15, 0.2) is 0 Å². The molecule has 2 atom stereocenters. The van der Waals surface area contributed by atoms with E-state index in [0.717, 1.165) is 41.4 Å². The number of carbonyl (C=O) groups is 1. The number of ether oxygens (including phenoxy) is 1. The van der Waals surface area contributed by atoms with Crippen molar-refractivity contribution in [3.05, 3.63) is 63.7 Å². The van der Waals surface area contributed by atoms with E-state index in [2.05, 4.69) is 41.5 Å². The summed E-state index contributed by atoms with van der Waals surface area (Å²) in [5, 5.41) is 7.19. The number of nitrogens with one attached hydrogen (secondary N) is 2. The lowest BCUT2D eigenvalue weighted by molar-refractivity contribution is -0.125. The predicted molar refractivity (Wildman–Crippen MR) is 117 cm³/mol. The van der Waals surface area contributed by atoms with Gasteiger partial charge in [-0.2, -0.15) is 0 Å². The van der Waals surface area contributed by atoms with Crippen molar-refractivity contribution < 1.29 is 9.53 Å². The number of likely N-dealkylation sites (N-methyl/N-ethyl adjacent to an activating group) is 1. The van der Waals surface area contributed by atoms with Crippen molar-refractivity contribution in [1.29, 1.82) is 0 Å². The molecule has 0 bridgehead atoms. The number of rotatable bonds is 7. The number of hydrogen-bond donors (Lipinski definition) is 2. The first-order valence-electron chi connectivity index (χ1n) is 9.99. The molecule has 1 saturated heterocycles. The molecule has 0 unspecified atom stereocenters. The van der Waals surface area contributed by atoms with Gasteiger partial charge in [-0.15, -0.1) is 0 Å². The highest BCUT2D eigenvalue weighted by atomic mass is 35.5. The number of aryl methyl sites for hydroxylation is 2. The molecule has 1 aliphatic heterocycles. The summed E-state index contributed by atoms with van der Waals surface area (Å²) in [6.07, 6.45) is 0.776. The minimum absolute atomic E-state index is 0.0535. The van der Waals surface area contributed by atoms with E-state index in [1.165, 1.54) is 11.1 Å². The number of nitrogens with zero attached hydrogens (tertiary/aromatic N) is 1. The van der Waals surface area contributed by atoms with Crippen molar-refractivity contribution in [3.8, 4) is 5.75 Å². The van der Waals surface area contributed by atoms with E-state index in [0.29, 0.717) is 6.54 Å². The fourth-order valence-corrected chi connectivity index (χ4v) is 4.22. The Morgan fingerprint density at radius 2 is 1.97 bits per heavy atom. The molecule has 156 valence electrons. The molecule has 0 spiro atoms. The molecule has 2 aromatic rings. The van der Waals surface area contributed by atoms with Crippen LogP contribution in [0.25, 0.3) is 0 Å². The monoisotopic (exact) mass is 415 g/mol. The molecule has 0 radical (unpaired) electrons. The molecule has 2 aromatic carbocycles. The summed E-state index contributed by atoms with van der Waals surface area (Å²) in [6.45, 7) is 6.39. The van der Waals surface area contributed by atoms with E-state index in [-0.39, 0.29) is 18.0 Å². The second-order valence-corrected chi connectivity index (χ2v) is 8.12. The van der Waals surface area contributed by atoms with Crippen LogP contribution in [0.15, 0.2) is 36.4 Å². The summed E-state index contributed by atoms with van der Waals surface area (Å²) in [5.41, 5.74) is 4.63. The highest BCUT2D eigenvalue weighted by Crippen LogP contribution is 2.26. The molecule has 0 aromatic heterocycles. The van der Waals surface area contributed by atoms with Crippen LogP contribution in [0.1, 0.15) is 28.7 Å². The van der Waals surface area contributed by atoms with Gasteiger partial charge in [0.25, 0.3) is 0 Å². The average molecular weight is 416 g/mol. The van der Waals surface area contributed by atoms with Crippen LogP contribution >= 0.6 is 11.6 Å². The van der Waals surface area contributed by atoms with Gasteiger partial charge < -0.3 is 15.4 Å². The fraction of sp³-hybridized carbons (Fsp3) is 0.435. The summed E-state index contributed by atoms with van der Waals surface area (Å²) in [6, 6.07) is 12.2. The van der Waals surface area contributed by atoms with Gasteiger partial charge in [-0.05, 0) is 54.7 Å². The Bertz CT molecular complexity index is 871. The molecule has 0 saturated carbocycles. The third-order valence-electron chi connectivity index (χ3n) is 5.72. The molecule has 5 nitrogen and oxygen atoms in total. The SMILES string of the molecule is CNC(=O)[C@@H]1C[C@H](NCc2cc(C)c(OC)cc2C)CN1Cc1ccccc1Cl. The Hall–Kier alpha value is -2.08. The third-order valence-corrected chi connectivity index (χ3v) is 6.09. The van der Waals surface area contributed by atoms with Gasteiger partial charge in [0.05, 0.1) is 13.2 Å². The minimum atomic E-state index is -0.160. The molecular weight excluding hydrogens is 386 g/mol. The molecule has 29 heavy (non-hydrogen) atoms. The first-order chi connectivity index (χ1) is 13.9. The zero-order chi connectivity index (χ0) is 21.0. The zero-order valence-corrected chi connectivity index (χ0v) is 18.3. The van der Waals surface area contributed by atoms with Crippen LogP contribution in [0.2, 0.25) is 5.02 Å². The second kappa shape index (κ2) is 9.61. The maximum Gasteiger partial charge on any atom is 0.237 e. The van der Waals surface area contributed by atoms with Crippen LogP contribution in [0, 0.1) is 13.8 Å². The van der Waals surface area contributed by atoms with E-state index in [9.17, 15) is 4.79 Å². The van der Waals surface area contributed by atoms with Crippen LogP contribution in [0.5, 0.6) is 5.75 Å². The first-order valence-corrected chi connectivity index (χ1v) is 10.4. The van der Waals surface area contributed by atoms with Gasteiger partial charge >= 0.3 is 0 Å². The maximum atomic E-state index is 12.5. The summed E-state index contributed by atoms with van der Waals surface area (Å²) in [7, 11) is 3.39. The van der Waals surface area contributed by atoms with E-state index >= 15 is 0 Å². The molecular formula is C23H30ClN3O2. The Kier molecular flexibility index (Phi) is 7.17. The molecule has 1 aliphatic rings. The largest absolute Gasteiger partial charge is 0.496 e. The van der Waals surface area contributed by atoms with E-state index in [1.807, 2.05) is 24.3 Å².